The molecule has 0 aliphatic rings. The van der Waals surface area contributed by atoms with E-state index in [2.05, 4.69) is 20.0 Å². The molecule has 96 valence electrons. The van der Waals surface area contributed by atoms with Crippen molar-refractivity contribution in [3.05, 3.63) is 35.5 Å². The van der Waals surface area contributed by atoms with Gasteiger partial charge in [0, 0.05) is 18.9 Å². The van der Waals surface area contributed by atoms with Gasteiger partial charge in [0.05, 0.1) is 0 Å². The standard InChI is InChI=1S/C10H12N4O2S2/c1-11-6-8-5-9(17-7-8)18(15,16)14-10-12-3-2-4-13-10/h2-5,7,11H,6H2,1H3,(H,12,13,14). The topological polar surface area (TPSA) is 84.0 Å². The van der Waals surface area contributed by atoms with Gasteiger partial charge in [-0.3, -0.25) is 0 Å². The Morgan fingerprint density at radius 1 is 1.33 bits per heavy atom. The van der Waals surface area contributed by atoms with Crippen molar-refractivity contribution < 1.29 is 8.42 Å². The molecule has 0 fully saturated rings. The van der Waals surface area contributed by atoms with Crippen molar-refractivity contribution in [2.75, 3.05) is 11.8 Å². The first kappa shape index (κ1) is 12.9. The average Bonchev–Trinajstić information content (AvgIpc) is 2.80. The fourth-order valence-corrected chi connectivity index (χ4v) is 3.48. The molecule has 8 heteroatoms. The van der Waals surface area contributed by atoms with E-state index in [0.29, 0.717) is 6.54 Å². The van der Waals surface area contributed by atoms with E-state index in [9.17, 15) is 8.42 Å². The minimum Gasteiger partial charge on any atom is -0.316 e. The van der Waals surface area contributed by atoms with E-state index >= 15 is 0 Å². The second-order valence-corrected chi connectivity index (χ2v) is 6.30. The third-order valence-electron chi connectivity index (χ3n) is 2.07. The molecule has 2 rings (SSSR count). The van der Waals surface area contributed by atoms with E-state index in [1.165, 1.54) is 23.7 Å². The summed E-state index contributed by atoms with van der Waals surface area (Å²) in [7, 11) is -1.79. The number of aromatic nitrogens is 2. The number of nitrogens with zero attached hydrogens (tertiary/aromatic N) is 2. The number of sulfonamides is 1. The molecule has 2 heterocycles. The molecule has 2 N–H and O–H groups in total. The summed E-state index contributed by atoms with van der Waals surface area (Å²) in [6, 6.07) is 3.25. The maximum atomic E-state index is 12.0. The first-order valence-corrected chi connectivity index (χ1v) is 7.50. The van der Waals surface area contributed by atoms with Crippen molar-refractivity contribution >= 4 is 27.3 Å². The van der Waals surface area contributed by atoms with E-state index in [1.54, 1.807) is 17.5 Å². The van der Waals surface area contributed by atoms with Crippen LogP contribution in [0.3, 0.4) is 0 Å². The van der Waals surface area contributed by atoms with Gasteiger partial charge in [-0.2, -0.15) is 0 Å². The lowest BCUT2D eigenvalue weighted by Crippen LogP contribution is -2.13. The Bertz CT molecular complexity index is 610. The number of hydrogen-bond acceptors (Lipinski definition) is 6. The van der Waals surface area contributed by atoms with Crippen molar-refractivity contribution in [3.63, 3.8) is 0 Å². The summed E-state index contributed by atoms with van der Waals surface area (Å²) in [6.07, 6.45) is 2.96. The Morgan fingerprint density at radius 2 is 2.06 bits per heavy atom. The quantitative estimate of drug-likeness (QED) is 0.857. The average molecular weight is 284 g/mol. The molecule has 0 aromatic carbocycles. The lowest BCUT2D eigenvalue weighted by molar-refractivity contribution is 0.602. The van der Waals surface area contributed by atoms with Crippen molar-refractivity contribution in [1.29, 1.82) is 0 Å². The second kappa shape index (κ2) is 5.42. The third kappa shape index (κ3) is 3.03. The molecular formula is C10H12N4O2S2. The van der Waals surface area contributed by atoms with Gasteiger partial charge in [0.1, 0.15) is 4.21 Å². The molecular weight excluding hydrogens is 272 g/mol. The van der Waals surface area contributed by atoms with Gasteiger partial charge in [-0.15, -0.1) is 11.3 Å². The highest BCUT2D eigenvalue weighted by Crippen LogP contribution is 2.21. The molecule has 18 heavy (non-hydrogen) atoms. The molecule has 2 aromatic heterocycles. The molecule has 0 spiro atoms. The molecule has 0 aliphatic heterocycles. The van der Waals surface area contributed by atoms with Gasteiger partial charge in [-0.05, 0) is 30.1 Å². The van der Waals surface area contributed by atoms with Crippen LogP contribution in [0, 0.1) is 0 Å². The van der Waals surface area contributed by atoms with E-state index in [1.807, 2.05) is 7.05 Å². The van der Waals surface area contributed by atoms with Crippen LogP contribution >= 0.6 is 11.3 Å². The lowest BCUT2D eigenvalue weighted by Gasteiger charge is -2.03. The predicted molar refractivity (Wildman–Crippen MR) is 69.9 cm³/mol. The summed E-state index contributed by atoms with van der Waals surface area (Å²) >= 11 is 1.17. The van der Waals surface area contributed by atoms with Crippen LogP contribution in [0.1, 0.15) is 5.56 Å². The van der Waals surface area contributed by atoms with Gasteiger partial charge in [-0.25, -0.2) is 23.1 Å². The number of nitrogens with one attached hydrogen (secondary N) is 2. The van der Waals surface area contributed by atoms with Gasteiger partial charge in [0.25, 0.3) is 10.0 Å². The van der Waals surface area contributed by atoms with Crippen LogP contribution in [-0.4, -0.2) is 25.4 Å². The minimum absolute atomic E-state index is 0.0704. The largest absolute Gasteiger partial charge is 0.316 e. The SMILES string of the molecule is CNCc1csc(S(=O)(=O)Nc2ncccn2)c1. The summed E-state index contributed by atoms with van der Waals surface area (Å²) in [6.45, 7) is 0.633. The van der Waals surface area contributed by atoms with Crippen LogP contribution in [0.2, 0.25) is 0 Å². The van der Waals surface area contributed by atoms with Crippen molar-refractivity contribution in [2.45, 2.75) is 10.8 Å². The monoisotopic (exact) mass is 284 g/mol. The third-order valence-corrected chi connectivity index (χ3v) is 4.88. The fraction of sp³-hybridized carbons (Fsp3) is 0.200. The van der Waals surface area contributed by atoms with Gasteiger partial charge in [0.2, 0.25) is 5.95 Å². The number of rotatable bonds is 5. The molecule has 0 unspecified atom stereocenters. The van der Waals surface area contributed by atoms with Crippen LogP contribution in [0.25, 0.3) is 0 Å². The van der Waals surface area contributed by atoms with Crippen LogP contribution in [-0.2, 0) is 16.6 Å². The highest BCUT2D eigenvalue weighted by atomic mass is 32.2. The molecule has 0 aliphatic carbocycles. The smallest absolute Gasteiger partial charge is 0.273 e. The van der Waals surface area contributed by atoms with Crippen molar-refractivity contribution in [3.8, 4) is 0 Å². The van der Waals surface area contributed by atoms with Gasteiger partial charge >= 0.3 is 0 Å². The molecule has 0 saturated heterocycles. The Balaban J connectivity index is 2.20. The maximum absolute atomic E-state index is 12.0. The van der Waals surface area contributed by atoms with Gasteiger partial charge in [-0.1, -0.05) is 0 Å². The first-order chi connectivity index (χ1) is 8.62. The summed E-state index contributed by atoms with van der Waals surface area (Å²) in [4.78, 5) is 7.65. The summed E-state index contributed by atoms with van der Waals surface area (Å²) < 4.78 is 26.6. The molecule has 0 amide bonds. The summed E-state index contributed by atoms with van der Waals surface area (Å²) in [5.41, 5.74) is 0.928. The van der Waals surface area contributed by atoms with Gasteiger partial charge < -0.3 is 5.32 Å². The predicted octanol–water partition coefficient (Wildman–Crippen LogP) is 1.06. The Hall–Kier alpha value is -1.51. The number of thiophene rings is 1. The molecule has 6 nitrogen and oxygen atoms in total. The second-order valence-electron chi connectivity index (χ2n) is 3.48. The summed E-state index contributed by atoms with van der Waals surface area (Å²) in [5.74, 6) is 0.0704. The van der Waals surface area contributed by atoms with Crippen LogP contribution in [0.15, 0.2) is 34.1 Å². The zero-order valence-electron chi connectivity index (χ0n) is 9.62. The normalized spacial score (nSPS) is 11.4. The van der Waals surface area contributed by atoms with Crippen LogP contribution < -0.4 is 10.0 Å². The zero-order chi connectivity index (χ0) is 13.0. The molecule has 0 atom stereocenters. The van der Waals surface area contributed by atoms with Gasteiger partial charge in [0.15, 0.2) is 0 Å². The number of anilines is 1. The van der Waals surface area contributed by atoms with E-state index < -0.39 is 10.0 Å². The van der Waals surface area contributed by atoms with E-state index in [-0.39, 0.29) is 10.2 Å². The Labute approximate surface area is 109 Å². The zero-order valence-corrected chi connectivity index (χ0v) is 11.3. The number of hydrogen-bond donors (Lipinski definition) is 2. The molecule has 0 bridgehead atoms. The molecule has 0 saturated carbocycles. The first-order valence-electron chi connectivity index (χ1n) is 5.13. The van der Waals surface area contributed by atoms with Crippen molar-refractivity contribution in [2.24, 2.45) is 0 Å². The Morgan fingerprint density at radius 3 is 2.72 bits per heavy atom. The lowest BCUT2D eigenvalue weighted by atomic mass is 10.3. The van der Waals surface area contributed by atoms with Crippen LogP contribution in [0.5, 0.6) is 0 Å². The van der Waals surface area contributed by atoms with E-state index in [0.717, 1.165) is 5.56 Å². The highest BCUT2D eigenvalue weighted by Gasteiger charge is 2.17. The maximum Gasteiger partial charge on any atom is 0.273 e. The highest BCUT2D eigenvalue weighted by molar-refractivity contribution is 7.94. The summed E-state index contributed by atoms with van der Waals surface area (Å²) in [5, 5.41) is 4.77. The fourth-order valence-electron chi connectivity index (χ4n) is 1.31. The Kier molecular flexibility index (Phi) is 3.90. The molecule has 2 aromatic rings. The van der Waals surface area contributed by atoms with Crippen LogP contribution in [0.4, 0.5) is 5.95 Å². The minimum atomic E-state index is -3.60. The van der Waals surface area contributed by atoms with Crippen molar-refractivity contribution in [1.82, 2.24) is 15.3 Å². The van der Waals surface area contributed by atoms with E-state index in [4.69, 9.17) is 0 Å². The molecule has 0 radical (unpaired) electrons.